The van der Waals surface area contributed by atoms with Crippen molar-refractivity contribution < 1.29 is 5.11 Å². The monoisotopic (exact) mass is 241 g/mol. The number of benzene rings is 1. The highest BCUT2D eigenvalue weighted by atomic mass is 16.3. The van der Waals surface area contributed by atoms with Gasteiger partial charge in [-0.2, -0.15) is 0 Å². The van der Waals surface area contributed by atoms with Gasteiger partial charge in [-0.1, -0.05) is 24.6 Å². The fourth-order valence-electron chi connectivity index (χ4n) is 2.80. The lowest BCUT2D eigenvalue weighted by Crippen LogP contribution is -2.15. The summed E-state index contributed by atoms with van der Waals surface area (Å²) in [6.07, 6.45) is 0.891. The van der Waals surface area contributed by atoms with Crippen molar-refractivity contribution in [3.63, 3.8) is 0 Å². The Labute approximate surface area is 105 Å². The van der Waals surface area contributed by atoms with Crippen LogP contribution in [0.1, 0.15) is 29.5 Å². The molecule has 3 rings (SSSR count). The zero-order chi connectivity index (χ0) is 12.9. The van der Waals surface area contributed by atoms with E-state index in [0.717, 1.165) is 28.8 Å². The van der Waals surface area contributed by atoms with Crippen molar-refractivity contribution in [2.45, 2.75) is 26.2 Å². The Morgan fingerprint density at radius 2 is 2.11 bits per heavy atom. The van der Waals surface area contributed by atoms with E-state index in [0.29, 0.717) is 0 Å². The summed E-state index contributed by atoms with van der Waals surface area (Å²) in [7, 11) is 0. The molecule has 0 aliphatic heterocycles. The average molecular weight is 241 g/mol. The van der Waals surface area contributed by atoms with E-state index < -0.39 is 0 Å². The summed E-state index contributed by atoms with van der Waals surface area (Å²) in [6, 6.07) is 7.51. The second-order valence-electron chi connectivity index (χ2n) is 5.07. The third-order valence-electron chi connectivity index (χ3n) is 3.61. The van der Waals surface area contributed by atoms with Crippen molar-refractivity contribution in [2.24, 2.45) is 0 Å². The van der Waals surface area contributed by atoms with Crippen molar-refractivity contribution >= 4 is 0 Å². The van der Waals surface area contributed by atoms with Crippen LogP contribution in [0.25, 0.3) is 11.3 Å². The largest absolute Gasteiger partial charge is 0.507 e. The van der Waals surface area contributed by atoms with Crippen molar-refractivity contribution in [2.75, 3.05) is 0 Å². The van der Waals surface area contributed by atoms with Crippen LogP contribution in [0, 0.1) is 6.92 Å². The normalized spacial score (nSPS) is 17.1. The maximum Gasteiger partial charge on any atom is 0.252 e. The summed E-state index contributed by atoms with van der Waals surface area (Å²) in [5, 5.41) is 9.98. The maximum atomic E-state index is 11.5. The van der Waals surface area contributed by atoms with Crippen LogP contribution >= 0.6 is 0 Å². The van der Waals surface area contributed by atoms with E-state index in [2.05, 4.69) is 30.1 Å². The minimum Gasteiger partial charge on any atom is -0.507 e. The SMILES string of the molecule is Cc1ccc2c(c1)-c1[nH]c(=O)cc(O)c1C(C)C2. The fourth-order valence-corrected chi connectivity index (χ4v) is 2.80. The molecule has 1 atom stereocenters. The summed E-state index contributed by atoms with van der Waals surface area (Å²) in [5.41, 5.74) is 4.79. The van der Waals surface area contributed by atoms with E-state index >= 15 is 0 Å². The molecule has 1 heterocycles. The predicted octanol–water partition coefficient (Wildman–Crippen LogP) is 2.72. The first-order chi connectivity index (χ1) is 8.56. The number of pyridine rings is 1. The van der Waals surface area contributed by atoms with E-state index in [-0.39, 0.29) is 17.2 Å². The standard InChI is InChI=1S/C15H15NO2/c1-8-3-4-10-6-9(2)14-12(17)7-13(18)16-15(14)11(10)5-8/h3-5,7,9H,6H2,1-2H3,(H2,16,17,18). The highest BCUT2D eigenvalue weighted by molar-refractivity contribution is 5.73. The smallest absolute Gasteiger partial charge is 0.252 e. The molecule has 0 fully saturated rings. The molecule has 92 valence electrons. The molecule has 1 aliphatic rings. The van der Waals surface area contributed by atoms with E-state index in [1.54, 1.807) is 0 Å². The van der Waals surface area contributed by atoms with Crippen molar-refractivity contribution in [3.05, 3.63) is 51.3 Å². The summed E-state index contributed by atoms with van der Waals surface area (Å²) < 4.78 is 0. The van der Waals surface area contributed by atoms with Crippen LogP contribution in [0.15, 0.2) is 29.1 Å². The predicted molar refractivity (Wildman–Crippen MR) is 71.0 cm³/mol. The van der Waals surface area contributed by atoms with Crippen LogP contribution in [-0.2, 0) is 6.42 Å². The highest BCUT2D eigenvalue weighted by Crippen LogP contribution is 2.41. The highest BCUT2D eigenvalue weighted by Gasteiger charge is 2.25. The van der Waals surface area contributed by atoms with Gasteiger partial charge in [-0.05, 0) is 30.9 Å². The van der Waals surface area contributed by atoms with Crippen molar-refractivity contribution in [1.29, 1.82) is 0 Å². The lowest BCUT2D eigenvalue weighted by atomic mass is 9.81. The Morgan fingerprint density at radius 1 is 1.33 bits per heavy atom. The molecule has 0 saturated carbocycles. The van der Waals surface area contributed by atoms with Crippen LogP contribution in [0.2, 0.25) is 0 Å². The van der Waals surface area contributed by atoms with Gasteiger partial charge in [0, 0.05) is 17.2 Å². The van der Waals surface area contributed by atoms with E-state index in [1.807, 2.05) is 6.92 Å². The van der Waals surface area contributed by atoms with Gasteiger partial charge in [0.25, 0.3) is 5.56 Å². The van der Waals surface area contributed by atoms with Gasteiger partial charge in [0.05, 0.1) is 5.69 Å². The zero-order valence-corrected chi connectivity index (χ0v) is 10.4. The third-order valence-corrected chi connectivity index (χ3v) is 3.61. The Morgan fingerprint density at radius 3 is 2.89 bits per heavy atom. The van der Waals surface area contributed by atoms with Gasteiger partial charge < -0.3 is 10.1 Å². The van der Waals surface area contributed by atoms with Gasteiger partial charge in [-0.15, -0.1) is 0 Å². The molecule has 0 spiro atoms. The molecule has 0 amide bonds. The number of fused-ring (bicyclic) bond motifs is 3. The molecule has 1 aliphatic carbocycles. The van der Waals surface area contributed by atoms with Crippen LogP contribution in [0.3, 0.4) is 0 Å². The molecule has 3 nitrogen and oxygen atoms in total. The molecule has 18 heavy (non-hydrogen) atoms. The molecule has 0 saturated heterocycles. The molecular weight excluding hydrogens is 226 g/mol. The number of hydrogen-bond acceptors (Lipinski definition) is 2. The first-order valence-electron chi connectivity index (χ1n) is 6.12. The van der Waals surface area contributed by atoms with Crippen molar-refractivity contribution in [3.8, 4) is 17.0 Å². The zero-order valence-electron chi connectivity index (χ0n) is 10.4. The second kappa shape index (κ2) is 3.73. The van der Waals surface area contributed by atoms with Gasteiger partial charge in [0.15, 0.2) is 0 Å². The molecule has 1 aromatic heterocycles. The number of rotatable bonds is 0. The molecular formula is C15H15NO2. The number of hydrogen-bond donors (Lipinski definition) is 2. The average Bonchev–Trinajstić information content (AvgIpc) is 2.29. The molecule has 0 bridgehead atoms. The Balaban J connectivity index is 2.38. The minimum absolute atomic E-state index is 0.105. The number of aromatic hydroxyl groups is 1. The van der Waals surface area contributed by atoms with Crippen LogP contribution in [0.5, 0.6) is 5.75 Å². The topological polar surface area (TPSA) is 53.1 Å². The molecule has 1 unspecified atom stereocenters. The van der Waals surface area contributed by atoms with Gasteiger partial charge in [-0.3, -0.25) is 4.79 Å². The molecule has 2 N–H and O–H groups in total. The van der Waals surface area contributed by atoms with Gasteiger partial charge >= 0.3 is 0 Å². The number of aryl methyl sites for hydroxylation is 1. The number of H-pyrrole nitrogens is 1. The third kappa shape index (κ3) is 1.55. The molecule has 3 heteroatoms. The quantitative estimate of drug-likeness (QED) is 0.745. The molecule has 1 aromatic carbocycles. The van der Waals surface area contributed by atoms with E-state index in [4.69, 9.17) is 0 Å². The number of aromatic amines is 1. The van der Waals surface area contributed by atoms with Gasteiger partial charge in [0.2, 0.25) is 0 Å². The molecule has 0 radical (unpaired) electrons. The first kappa shape index (κ1) is 11.1. The minimum atomic E-state index is -0.257. The van der Waals surface area contributed by atoms with Crippen LogP contribution < -0.4 is 5.56 Å². The fraction of sp³-hybridized carbons (Fsp3) is 0.267. The lowest BCUT2D eigenvalue weighted by Gasteiger charge is -2.25. The van der Waals surface area contributed by atoms with Crippen molar-refractivity contribution in [1.82, 2.24) is 4.98 Å². The number of nitrogens with one attached hydrogen (secondary N) is 1. The van der Waals surface area contributed by atoms with E-state index in [1.165, 1.54) is 11.6 Å². The summed E-state index contributed by atoms with van der Waals surface area (Å²) in [5.74, 6) is 0.320. The number of aromatic nitrogens is 1. The first-order valence-corrected chi connectivity index (χ1v) is 6.12. The van der Waals surface area contributed by atoms with Crippen LogP contribution in [-0.4, -0.2) is 10.1 Å². The Hall–Kier alpha value is -2.03. The van der Waals surface area contributed by atoms with Gasteiger partial charge in [-0.25, -0.2) is 0 Å². The van der Waals surface area contributed by atoms with Gasteiger partial charge in [0.1, 0.15) is 5.75 Å². The summed E-state index contributed by atoms with van der Waals surface area (Å²) in [6.45, 7) is 4.10. The summed E-state index contributed by atoms with van der Waals surface area (Å²) >= 11 is 0. The summed E-state index contributed by atoms with van der Waals surface area (Å²) in [4.78, 5) is 14.4. The van der Waals surface area contributed by atoms with E-state index in [9.17, 15) is 9.90 Å². The molecule has 2 aromatic rings. The maximum absolute atomic E-state index is 11.5. The Bertz CT molecular complexity index is 685. The second-order valence-corrected chi connectivity index (χ2v) is 5.07. The Kier molecular flexibility index (Phi) is 2.30. The lowest BCUT2D eigenvalue weighted by molar-refractivity contribution is 0.460. The van der Waals surface area contributed by atoms with Crippen LogP contribution in [0.4, 0.5) is 0 Å².